The number of hydrogen-bond acceptors (Lipinski definition) is 6. The van der Waals surface area contributed by atoms with Crippen LogP contribution in [0.3, 0.4) is 0 Å². The maximum absolute atomic E-state index is 12.3. The van der Waals surface area contributed by atoms with Crippen LogP contribution in [0.15, 0.2) is 42.9 Å². The monoisotopic (exact) mass is 357 g/mol. The molecule has 1 aliphatic heterocycles. The van der Waals surface area contributed by atoms with E-state index in [0.717, 1.165) is 18.6 Å². The lowest BCUT2D eigenvalue weighted by molar-refractivity contribution is -0.135. The molecule has 1 fully saturated rings. The molecule has 7 heteroatoms. The Kier molecular flexibility index (Phi) is 6.24. The van der Waals surface area contributed by atoms with Crippen molar-refractivity contribution in [3.63, 3.8) is 0 Å². The molecule has 2 heterocycles. The third-order valence-electron chi connectivity index (χ3n) is 4.12. The van der Waals surface area contributed by atoms with Gasteiger partial charge in [0.05, 0.1) is 12.8 Å². The zero-order valence-corrected chi connectivity index (χ0v) is 14.8. The van der Waals surface area contributed by atoms with Gasteiger partial charge in [0, 0.05) is 38.3 Å². The molecule has 0 radical (unpaired) electrons. The first-order valence-corrected chi connectivity index (χ1v) is 8.80. The number of carbonyl (C=O) groups excluding carboxylic acids is 1. The molecule has 1 aromatic carbocycles. The fraction of sp³-hybridized carbons (Fsp3) is 0.421. The molecule has 1 amide bonds. The predicted octanol–water partition coefficient (Wildman–Crippen LogP) is 2.32. The van der Waals surface area contributed by atoms with Gasteiger partial charge in [-0.3, -0.25) is 9.78 Å². The fourth-order valence-electron chi connectivity index (χ4n) is 2.78. The highest BCUT2D eigenvalue weighted by Gasteiger charge is 2.24. The van der Waals surface area contributed by atoms with Crippen LogP contribution in [-0.4, -0.2) is 53.2 Å². The van der Waals surface area contributed by atoms with E-state index in [1.165, 1.54) is 0 Å². The van der Waals surface area contributed by atoms with Crippen molar-refractivity contribution in [2.45, 2.75) is 25.9 Å². The average Bonchev–Trinajstić information content (AvgIpc) is 2.69. The number of piperidine rings is 1. The van der Waals surface area contributed by atoms with E-state index in [-0.39, 0.29) is 18.6 Å². The maximum atomic E-state index is 12.3. The Morgan fingerprint density at radius 1 is 1.12 bits per heavy atom. The largest absolute Gasteiger partial charge is 0.494 e. The molecule has 2 aromatic rings. The smallest absolute Gasteiger partial charge is 0.260 e. The molecule has 3 rings (SSSR count). The first kappa shape index (κ1) is 18.0. The molecule has 1 aromatic heterocycles. The molecule has 0 bridgehead atoms. The molecule has 1 aliphatic rings. The van der Waals surface area contributed by atoms with Crippen molar-refractivity contribution >= 4 is 5.91 Å². The second-order valence-electron chi connectivity index (χ2n) is 5.93. The highest BCUT2D eigenvalue weighted by molar-refractivity contribution is 5.77. The summed E-state index contributed by atoms with van der Waals surface area (Å²) in [6.07, 6.45) is 6.41. The summed E-state index contributed by atoms with van der Waals surface area (Å²) in [5, 5.41) is 0. The molecule has 0 unspecified atom stereocenters. The molecule has 0 atom stereocenters. The lowest BCUT2D eigenvalue weighted by Crippen LogP contribution is -2.43. The van der Waals surface area contributed by atoms with E-state index in [9.17, 15) is 4.79 Å². The standard InChI is InChI=1S/C19H23N3O4/c1-2-24-15-3-5-16(6-4-15)25-14-19(23)22-11-7-17(8-12-22)26-18-13-20-9-10-21-18/h3-6,9-10,13,17H,2,7-8,11-12,14H2,1H3. The van der Waals surface area contributed by atoms with Crippen LogP contribution in [-0.2, 0) is 4.79 Å². The number of aromatic nitrogens is 2. The van der Waals surface area contributed by atoms with Crippen LogP contribution in [0.4, 0.5) is 0 Å². The average molecular weight is 357 g/mol. The van der Waals surface area contributed by atoms with Gasteiger partial charge in [-0.2, -0.15) is 0 Å². The minimum absolute atomic E-state index is 0.0168. The van der Waals surface area contributed by atoms with Gasteiger partial charge in [-0.05, 0) is 31.2 Å². The van der Waals surface area contributed by atoms with Crippen LogP contribution in [0.5, 0.6) is 17.4 Å². The van der Waals surface area contributed by atoms with Crippen LogP contribution in [0.25, 0.3) is 0 Å². The number of hydrogen-bond donors (Lipinski definition) is 0. The lowest BCUT2D eigenvalue weighted by atomic mass is 10.1. The summed E-state index contributed by atoms with van der Waals surface area (Å²) in [4.78, 5) is 22.2. The Labute approximate surface area is 152 Å². The minimum atomic E-state index is -0.0168. The third-order valence-corrected chi connectivity index (χ3v) is 4.12. The zero-order valence-electron chi connectivity index (χ0n) is 14.8. The van der Waals surface area contributed by atoms with E-state index in [4.69, 9.17) is 14.2 Å². The van der Waals surface area contributed by atoms with Crippen molar-refractivity contribution in [3.05, 3.63) is 42.9 Å². The maximum Gasteiger partial charge on any atom is 0.260 e. The first-order valence-electron chi connectivity index (χ1n) is 8.80. The van der Waals surface area contributed by atoms with Crippen LogP contribution in [0, 0.1) is 0 Å². The van der Waals surface area contributed by atoms with Crippen LogP contribution in [0.1, 0.15) is 19.8 Å². The summed E-state index contributed by atoms with van der Waals surface area (Å²) in [5.41, 5.74) is 0. The quantitative estimate of drug-likeness (QED) is 0.757. The highest BCUT2D eigenvalue weighted by Crippen LogP contribution is 2.19. The number of rotatable bonds is 7. The molecule has 0 spiro atoms. The number of benzene rings is 1. The van der Waals surface area contributed by atoms with Gasteiger partial charge >= 0.3 is 0 Å². The number of ether oxygens (including phenoxy) is 3. The first-order chi connectivity index (χ1) is 12.7. The predicted molar refractivity (Wildman–Crippen MR) is 95.4 cm³/mol. The second kappa shape index (κ2) is 9.03. The number of nitrogens with zero attached hydrogens (tertiary/aromatic N) is 3. The summed E-state index contributed by atoms with van der Waals surface area (Å²) in [7, 11) is 0. The molecule has 0 saturated carbocycles. The van der Waals surface area contributed by atoms with Crippen molar-refractivity contribution in [1.29, 1.82) is 0 Å². The number of carbonyl (C=O) groups is 1. The van der Waals surface area contributed by atoms with Gasteiger partial charge in [0.2, 0.25) is 5.88 Å². The van der Waals surface area contributed by atoms with Crippen molar-refractivity contribution in [3.8, 4) is 17.4 Å². The Bertz CT molecular complexity index is 686. The summed E-state index contributed by atoms with van der Waals surface area (Å²) in [6, 6.07) is 7.27. The van der Waals surface area contributed by atoms with Crippen LogP contribution < -0.4 is 14.2 Å². The molecule has 7 nitrogen and oxygen atoms in total. The van der Waals surface area contributed by atoms with Gasteiger partial charge in [-0.1, -0.05) is 0 Å². The van der Waals surface area contributed by atoms with Gasteiger partial charge in [-0.15, -0.1) is 0 Å². The van der Waals surface area contributed by atoms with E-state index < -0.39 is 0 Å². The summed E-state index contributed by atoms with van der Waals surface area (Å²) in [6.45, 7) is 3.89. The van der Waals surface area contributed by atoms with Gasteiger partial charge in [0.25, 0.3) is 5.91 Å². The molecule has 26 heavy (non-hydrogen) atoms. The van der Waals surface area contributed by atoms with Crippen molar-refractivity contribution < 1.29 is 19.0 Å². The van der Waals surface area contributed by atoms with Gasteiger partial charge in [0.15, 0.2) is 6.61 Å². The van der Waals surface area contributed by atoms with E-state index >= 15 is 0 Å². The zero-order chi connectivity index (χ0) is 18.2. The van der Waals surface area contributed by atoms with Gasteiger partial charge in [0.1, 0.15) is 17.6 Å². The summed E-state index contributed by atoms with van der Waals surface area (Å²) < 4.78 is 16.8. The normalized spacial score (nSPS) is 14.7. The van der Waals surface area contributed by atoms with E-state index in [1.807, 2.05) is 24.0 Å². The Morgan fingerprint density at radius 3 is 2.42 bits per heavy atom. The fourth-order valence-corrected chi connectivity index (χ4v) is 2.78. The highest BCUT2D eigenvalue weighted by atomic mass is 16.5. The molecule has 0 N–H and O–H groups in total. The number of amides is 1. The number of likely N-dealkylation sites (tertiary alicyclic amines) is 1. The lowest BCUT2D eigenvalue weighted by Gasteiger charge is -2.31. The Balaban J connectivity index is 1.40. The summed E-state index contributed by atoms with van der Waals surface area (Å²) >= 11 is 0. The van der Waals surface area contributed by atoms with Gasteiger partial charge < -0.3 is 19.1 Å². The second-order valence-corrected chi connectivity index (χ2v) is 5.93. The molecular weight excluding hydrogens is 334 g/mol. The van der Waals surface area contributed by atoms with E-state index in [2.05, 4.69) is 9.97 Å². The summed E-state index contributed by atoms with van der Waals surface area (Å²) in [5.74, 6) is 1.95. The Hall–Kier alpha value is -2.83. The van der Waals surface area contributed by atoms with Crippen LogP contribution >= 0.6 is 0 Å². The molecule has 0 aliphatic carbocycles. The Morgan fingerprint density at radius 2 is 1.81 bits per heavy atom. The minimum Gasteiger partial charge on any atom is -0.494 e. The molecule has 1 saturated heterocycles. The molecule has 138 valence electrons. The van der Waals surface area contributed by atoms with Crippen molar-refractivity contribution in [2.75, 3.05) is 26.3 Å². The van der Waals surface area contributed by atoms with E-state index in [0.29, 0.717) is 31.3 Å². The van der Waals surface area contributed by atoms with Crippen molar-refractivity contribution in [1.82, 2.24) is 14.9 Å². The van der Waals surface area contributed by atoms with E-state index in [1.54, 1.807) is 30.7 Å². The van der Waals surface area contributed by atoms with Crippen LogP contribution in [0.2, 0.25) is 0 Å². The third kappa shape index (κ3) is 5.08. The van der Waals surface area contributed by atoms with Gasteiger partial charge in [-0.25, -0.2) is 4.98 Å². The topological polar surface area (TPSA) is 73.8 Å². The SMILES string of the molecule is CCOc1ccc(OCC(=O)N2CCC(Oc3cnccn3)CC2)cc1. The van der Waals surface area contributed by atoms with Crippen molar-refractivity contribution in [2.24, 2.45) is 0 Å². The molecular formula is C19H23N3O4.